The smallest absolute Gasteiger partial charge is 0.267 e. The number of fused-ring (bicyclic) bond motifs is 2. The molecule has 8 heteroatoms. The lowest BCUT2D eigenvalue weighted by atomic mass is 9.41. The summed E-state index contributed by atoms with van der Waals surface area (Å²) < 4.78 is 7.51. The molecular weight excluding hydrogens is 387 g/mol. The number of rotatable bonds is 3. The molecule has 4 aromatic rings. The zero-order valence-corrected chi connectivity index (χ0v) is 18.0. The van der Waals surface area contributed by atoms with E-state index in [0.29, 0.717) is 17.4 Å². The lowest BCUT2D eigenvalue weighted by Crippen LogP contribution is -2.19. The van der Waals surface area contributed by atoms with Gasteiger partial charge in [0, 0.05) is 17.7 Å². The molecule has 0 amide bonds. The molecule has 0 aliphatic carbocycles. The van der Waals surface area contributed by atoms with Crippen LogP contribution in [0, 0.1) is 25.1 Å². The monoisotopic (exact) mass is 410 g/mol. The Morgan fingerprint density at radius 3 is 2.65 bits per heavy atom. The molecule has 31 heavy (non-hydrogen) atoms. The number of aromatic nitrogens is 5. The minimum absolute atomic E-state index is 0.189. The van der Waals surface area contributed by atoms with Gasteiger partial charge >= 0.3 is 0 Å². The van der Waals surface area contributed by atoms with Crippen molar-refractivity contribution in [2.24, 2.45) is 0 Å². The van der Waals surface area contributed by atoms with Crippen molar-refractivity contribution >= 4 is 23.3 Å². The molecule has 0 spiro atoms. The summed E-state index contributed by atoms with van der Waals surface area (Å²) in [5.41, 5.74) is 6.94. The number of aryl methyl sites for hydroxylation is 2. The van der Waals surface area contributed by atoms with Crippen molar-refractivity contribution in [2.45, 2.75) is 45.2 Å². The Bertz CT molecular complexity index is 1330. The highest BCUT2D eigenvalue weighted by Crippen LogP contribution is 2.35. The summed E-state index contributed by atoms with van der Waals surface area (Å²) in [7, 11) is 1.64. The molecule has 0 bridgehead atoms. The fourth-order valence-electron chi connectivity index (χ4n) is 4.54. The van der Waals surface area contributed by atoms with Crippen LogP contribution in [0.15, 0.2) is 30.5 Å². The van der Waals surface area contributed by atoms with Gasteiger partial charge in [-0.25, -0.2) is 14.8 Å². The molecule has 4 aromatic heterocycles. The standard InChI is InChI=1S/C23H23BN6O/c1-14-12-30-21(15(2)26-14)10-20(29-30)23-22(31-3)11-19-18(28-23)5-4-17(27-19)16-6-8-24(13-25)9-7-16/h4-5,10-12,16H,6-9H2,1-3H3. The highest BCUT2D eigenvalue weighted by molar-refractivity contribution is 6.67. The molecule has 0 N–H and O–H groups in total. The van der Waals surface area contributed by atoms with Gasteiger partial charge in [-0.3, -0.25) is 9.97 Å². The summed E-state index contributed by atoms with van der Waals surface area (Å²) in [6, 6.07) is 8.05. The molecular formula is C23H23BN6O. The van der Waals surface area contributed by atoms with Crippen molar-refractivity contribution in [3.8, 4) is 23.1 Å². The largest absolute Gasteiger partial charge is 0.494 e. The van der Waals surface area contributed by atoms with Crippen LogP contribution in [0.5, 0.6) is 5.75 Å². The van der Waals surface area contributed by atoms with E-state index in [4.69, 9.17) is 25.1 Å². The highest BCUT2D eigenvalue weighted by atomic mass is 16.5. The maximum absolute atomic E-state index is 9.14. The van der Waals surface area contributed by atoms with E-state index in [-0.39, 0.29) is 6.71 Å². The third kappa shape index (κ3) is 3.50. The predicted octanol–water partition coefficient (Wildman–Crippen LogP) is 4.40. The quantitative estimate of drug-likeness (QED) is 0.465. The second-order valence-corrected chi connectivity index (χ2v) is 8.32. The van der Waals surface area contributed by atoms with Gasteiger partial charge in [-0.1, -0.05) is 25.5 Å². The van der Waals surface area contributed by atoms with E-state index in [1.807, 2.05) is 42.8 Å². The van der Waals surface area contributed by atoms with E-state index in [1.54, 1.807) is 7.11 Å². The van der Waals surface area contributed by atoms with Crippen LogP contribution in [0.3, 0.4) is 0 Å². The maximum atomic E-state index is 9.14. The summed E-state index contributed by atoms with van der Waals surface area (Å²) in [4.78, 5) is 14.3. The number of ether oxygens (including phenoxy) is 1. The summed E-state index contributed by atoms with van der Waals surface area (Å²) in [5.74, 6) is 3.45. The van der Waals surface area contributed by atoms with E-state index in [0.717, 1.165) is 64.8 Å². The first-order valence-electron chi connectivity index (χ1n) is 10.6. The molecule has 7 nitrogen and oxygen atoms in total. The molecule has 0 unspecified atom stereocenters. The van der Waals surface area contributed by atoms with Crippen LogP contribution in [0.4, 0.5) is 0 Å². The number of pyridine rings is 2. The van der Waals surface area contributed by atoms with Crippen LogP contribution in [-0.4, -0.2) is 38.4 Å². The van der Waals surface area contributed by atoms with E-state index < -0.39 is 0 Å². The van der Waals surface area contributed by atoms with Crippen LogP contribution >= 0.6 is 0 Å². The summed E-state index contributed by atoms with van der Waals surface area (Å²) >= 11 is 0. The van der Waals surface area contributed by atoms with Crippen molar-refractivity contribution in [2.75, 3.05) is 7.11 Å². The van der Waals surface area contributed by atoms with Crippen LogP contribution in [0.25, 0.3) is 27.9 Å². The normalized spacial score (nSPS) is 14.8. The number of nitriles is 1. The number of methoxy groups -OCH3 is 1. The van der Waals surface area contributed by atoms with Gasteiger partial charge < -0.3 is 4.74 Å². The van der Waals surface area contributed by atoms with Crippen LogP contribution < -0.4 is 4.74 Å². The van der Waals surface area contributed by atoms with Gasteiger partial charge in [-0.05, 0) is 38.0 Å². The molecule has 0 aromatic carbocycles. The molecule has 5 heterocycles. The minimum atomic E-state index is 0.189. The van der Waals surface area contributed by atoms with Gasteiger partial charge in [0.2, 0.25) is 0 Å². The predicted molar refractivity (Wildman–Crippen MR) is 121 cm³/mol. The maximum Gasteiger partial charge on any atom is 0.267 e. The van der Waals surface area contributed by atoms with E-state index in [1.165, 1.54) is 0 Å². The van der Waals surface area contributed by atoms with Gasteiger partial charge in [-0.2, -0.15) is 5.10 Å². The van der Waals surface area contributed by atoms with Crippen molar-refractivity contribution in [1.29, 1.82) is 5.26 Å². The summed E-state index contributed by atoms with van der Waals surface area (Å²) in [5, 5.41) is 13.9. The van der Waals surface area contributed by atoms with Crippen LogP contribution in [0.1, 0.15) is 35.8 Å². The topological polar surface area (TPSA) is 89.0 Å². The lowest BCUT2D eigenvalue weighted by Gasteiger charge is -2.22. The number of hydrogen-bond donors (Lipinski definition) is 0. The molecule has 5 rings (SSSR count). The molecule has 1 fully saturated rings. The first-order chi connectivity index (χ1) is 15.1. The fourth-order valence-corrected chi connectivity index (χ4v) is 4.54. The molecule has 1 saturated heterocycles. The Labute approximate surface area is 181 Å². The fraction of sp³-hybridized carbons (Fsp3) is 0.348. The third-order valence-corrected chi connectivity index (χ3v) is 6.21. The lowest BCUT2D eigenvalue weighted by molar-refractivity contribution is 0.415. The van der Waals surface area contributed by atoms with Crippen molar-refractivity contribution in [3.05, 3.63) is 47.5 Å². The van der Waals surface area contributed by atoms with Crippen molar-refractivity contribution in [3.63, 3.8) is 0 Å². The molecule has 0 radical (unpaired) electrons. The molecule has 1 aliphatic rings. The summed E-state index contributed by atoms with van der Waals surface area (Å²) in [6.45, 7) is 4.13. The van der Waals surface area contributed by atoms with Gasteiger partial charge in [-0.15, -0.1) is 0 Å². The van der Waals surface area contributed by atoms with Crippen molar-refractivity contribution < 1.29 is 4.74 Å². The average molecular weight is 410 g/mol. The Morgan fingerprint density at radius 1 is 1.10 bits per heavy atom. The van der Waals surface area contributed by atoms with E-state index in [9.17, 15) is 0 Å². The second-order valence-electron chi connectivity index (χ2n) is 8.32. The zero-order chi connectivity index (χ0) is 21.5. The molecule has 0 saturated carbocycles. The SMILES string of the molecule is COc1cc2nc(C3CCB(C#N)CC3)ccc2nc1-c1cc2c(C)nc(C)cn2n1. The highest BCUT2D eigenvalue weighted by Gasteiger charge is 2.26. The van der Waals surface area contributed by atoms with Gasteiger partial charge in [0.15, 0.2) is 0 Å². The minimum Gasteiger partial charge on any atom is -0.494 e. The summed E-state index contributed by atoms with van der Waals surface area (Å²) in [6.07, 6.45) is 5.82. The molecule has 1 aliphatic heterocycles. The molecule has 0 atom stereocenters. The van der Waals surface area contributed by atoms with Gasteiger partial charge in [0.25, 0.3) is 6.71 Å². The average Bonchev–Trinajstić information content (AvgIpc) is 3.22. The zero-order valence-electron chi connectivity index (χ0n) is 18.0. The Kier molecular flexibility index (Phi) is 4.82. The molecule has 154 valence electrons. The Balaban J connectivity index is 1.55. The first kappa shape index (κ1) is 19.5. The Morgan fingerprint density at radius 2 is 1.90 bits per heavy atom. The van der Waals surface area contributed by atoms with Crippen molar-refractivity contribution in [1.82, 2.24) is 24.6 Å². The van der Waals surface area contributed by atoms with Gasteiger partial charge in [0.05, 0.1) is 41.2 Å². The third-order valence-electron chi connectivity index (χ3n) is 6.21. The van der Waals surface area contributed by atoms with Gasteiger partial charge in [0.1, 0.15) is 17.1 Å². The first-order valence-corrected chi connectivity index (χ1v) is 10.6. The van der Waals surface area contributed by atoms with E-state index in [2.05, 4.69) is 17.0 Å². The van der Waals surface area contributed by atoms with E-state index >= 15 is 0 Å². The number of nitrogens with zero attached hydrogens (tertiary/aromatic N) is 6. The Hall–Kier alpha value is -3.47. The van der Waals surface area contributed by atoms with Crippen LogP contribution in [-0.2, 0) is 0 Å². The second kappa shape index (κ2) is 7.66. The number of hydrogen-bond acceptors (Lipinski definition) is 6. The van der Waals surface area contributed by atoms with Crippen LogP contribution in [0.2, 0.25) is 12.6 Å².